The molecule has 0 aliphatic heterocycles. The van der Waals surface area contributed by atoms with Crippen LogP contribution >= 0.6 is 0 Å². The van der Waals surface area contributed by atoms with Crippen molar-refractivity contribution in [3.8, 4) is 0 Å². The molecule has 0 fully saturated rings. The number of carboxylic acids is 1. The van der Waals surface area contributed by atoms with Gasteiger partial charge in [0.05, 0.1) is 0 Å². The third-order valence-corrected chi connectivity index (χ3v) is 3.00. The smallest absolute Gasteiger partial charge is 0.331 e. The Bertz CT molecular complexity index is 275. The Labute approximate surface area is 105 Å². The summed E-state index contributed by atoms with van der Waals surface area (Å²) in [7, 11) is 0. The Morgan fingerprint density at radius 1 is 1.06 bits per heavy atom. The standard InChI is InChI=1S/C15H26O2/c1-4-5-6-7-8-9-10-11-12-13(2)14(3)15(16)17/h11-12H,4-10H2,1-3H3,(H,16,17). The fourth-order valence-electron chi connectivity index (χ4n) is 1.60. The predicted molar refractivity (Wildman–Crippen MR) is 73.1 cm³/mol. The van der Waals surface area contributed by atoms with Gasteiger partial charge in [-0.25, -0.2) is 4.79 Å². The first-order valence-electron chi connectivity index (χ1n) is 6.67. The number of hydrogen-bond donors (Lipinski definition) is 1. The van der Waals surface area contributed by atoms with Crippen LogP contribution in [0.3, 0.4) is 0 Å². The minimum Gasteiger partial charge on any atom is -0.478 e. The zero-order valence-corrected chi connectivity index (χ0v) is 11.5. The topological polar surface area (TPSA) is 37.3 Å². The molecule has 98 valence electrons. The summed E-state index contributed by atoms with van der Waals surface area (Å²) >= 11 is 0. The molecule has 2 heteroatoms. The lowest BCUT2D eigenvalue weighted by Crippen LogP contribution is -1.97. The molecule has 0 amide bonds. The van der Waals surface area contributed by atoms with Crippen molar-refractivity contribution < 1.29 is 9.90 Å². The van der Waals surface area contributed by atoms with Crippen LogP contribution in [-0.2, 0) is 4.79 Å². The molecule has 0 saturated heterocycles. The molecule has 0 unspecified atom stereocenters. The number of allylic oxidation sites excluding steroid dienone is 3. The van der Waals surface area contributed by atoms with Gasteiger partial charge in [-0.1, -0.05) is 51.2 Å². The first-order chi connectivity index (χ1) is 8.09. The summed E-state index contributed by atoms with van der Waals surface area (Å²) in [5.41, 5.74) is 1.28. The Balaban J connectivity index is 3.67. The van der Waals surface area contributed by atoms with Crippen molar-refractivity contribution >= 4 is 5.97 Å². The molecule has 0 aromatic rings. The molecule has 2 nitrogen and oxygen atoms in total. The summed E-state index contributed by atoms with van der Waals surface area (Å²) in [6, 6.07) is 0. The van der Waals surface area contributed by atoms with Gasteiger partial charge in [0.1, 0.15) is 0 Å². The van der Waals surface area contributed by atoms with Gasteiger partial charge in [-0.2, -0.15) is 0 Å². The highest BCUT2D eigenvalue weighted by Gasteiger charge is 2.01. The van der Waals surface area contributed by atoms with E-state index in [4.69, 9.17) is 5.11 Å². The van der Waals surface area contributed by atoms with Crippen LogP contribution in [0.1, 0.15) is 65.7 Å². The van der Waals surface area contributed by atoms with E-state index in [2.05, 4.69) is 13.0 Å². The lowest BCUT2D eigenvalue weighted by Gasteiger charge is -1.99. The zero-order valence-electron chi connectivity index (χ0n) is 11.5. The second-order valence-electron chi connectivity index (χ2n) is 4.57. The number of unbranched alkanes of at least 4 members (excludes halogenated alkanes) is 6. The summed E-state index contributed by atoms with van der Waals surface area (Å²) in [5, 5.41) is 8.78. The summed E-state index contributed by atoms with van der Waals surface area (Å²) < 4.78 is 0. The Kier molecular flexibility index (Phi) is 9.50. The van der Waals surface area contributed by atoms with Gasteiger partial charge < -0.3 is 5.11 Å². The molecule has 0 aliphatic carbocycles. The zero-order chi connectivity index (χ0) is 13.1. The van der Waals surface area contributed by atoms with Crippen molar-refractivity contribution in [1.82, 2.24) is 0 Å². The van der Waals surface area contributed by atoms with Crippen LogP contribution in [0.4, 0.5) is 0 Å². The van der Waals surface area contributed by atoms with Crippen molar-refractivity contribution in [3.05, 3.63) is 23.3 Å². The largest absolute Gasteiger partial charge is 0.478 e. The molecular weight excluding hydrogens is 212 g/mol. The van der Waals surface area contributed by atoms with Crippen molar-refractivity contribution in [1.29, 1.82) is 0 Å². The maximum absolute atomic E-state index is 10.7. The van der Waals surface area contributed by atoms with Gasteiger partial charge in [0.2, 0.25) is 0 Å². The molecule has 1 N–H and O–H groups in total. The fraction of sp³-hybridized carbons (Fsp3) is 0.667. The highest BCUT2D eigenvalue weighted by molar-refractivity contribution is 5.87. The maximum atomic E-state index is 10.7. The molecular formula is C15H26O2. The lowest BCUT2D eigenvalue weighted by molar-refractivity contribution is -0.132. The van der Waals surface area contributed by atoms with Gasteiger partial charge in [-0.15, -0.1) is 0 Å². The molecule has 0 aromatic heterocycles. The number of carbonyl (C=O) groups is 1. The van der Waals surface area contributed by atoms with Gasteiger partial charge in [-0.3, -0.25) is 0 Å². The molecule has 0 aromatic carbocycles. The van der Waals surface area contributed by atoms with Gasteiger partial charge in [0.15, 0.2) is 0 Å². The number of hydrogen-bond acceptors (Lipinski definition) is 1. The van der Waals surface area contributed by atoms with Crippen LogP contribution in [-0.4, -0.2) is 11.1 Å². The Hall–Kier alpha value is -1.05. The molecule has 0 aliphatic rings. The second kappa shape index (κ2) is 10.1. The number of carboxylic acid groups (broad SMARTS) is 1. The Morgan fingerprint density at radius 2 is 1.65 bits per heavy atom. The van der Waals surface area contributed by atoms with Gasteiger partial charge in [0, 0.05) is 5.57 Å². The van der Waals surface area contributed by atoms with E-state index in [1.165, 1.54) is 38.5 Å². The average Bonchev–Trinajstić information content (AvgIpc) is 2.31. The van der Waals surface area contributed by atoms with Crippen molar-refractivity contribution in [2.45, 2.75) is 65.7 Å². The average molecular weight is 238 g/mol. The van der Waals surface area contributed by atoms with E-state index in [1.807, 2.05) is 13.0 Å². The summed E-state index contributed by atoms with van der Waals surface area (Å²) in [6.45, 7) is 5.72. The van der Waals surface area contributed by atoms with Crippen molar-refractivity contribution in [3.63, 3.8) is 0 Å². The van der Waals surface area contributed by atoms with Gasteiger partial charge in [-0.05, 0) is 32.3 Å². The van der Waals surface area contributed by atoms with E-state index in [-0.39, 0.29) is 0 Å². The van der Waals surface area contributed by atoms with E-state index >= 15 is 0 Å². The van der Waals surface area contributed by atoms with E-state index in [1.54, 1.807) is 6.92 Å². The summed E-state index contributed by atoms with van der Waals surface area (Å²) in [6.07, 6.45) is 12.9. The number of rotatable bonds is 9. The molecule has 0 spiro atoms. The van der Waals surface area contributed by atoms with Crippen LogP contribution < -0.4 is 0 Å². The molecule has 0 heterocycles. The number of aliphatic carboxylic acids is 1. The SMILES string of the molecule is CCCCCCCCC=CC(C)=C(C)C(=O)O. The fourth-order valence-corrected chi connectivity index (χ4v) is 1.60. The van der Waals surface area contributed by atoms with Crippen molar-refractivity contribution in [2.24, 2.45) is 0 Å². The normalized spacial score (nSPS) is 12.9. The Morgan fingerprint density at radius 3 is 2.24 bits per heavy atom. The molecule has 0 bridgehead atoms. The van der Waals surface area contributed by atoms with Crippen LogP contribution in [0.5, 0.6) is 0 Å². The van der Waals surface area contributed by atoms with E-state index < -0.39 is 5.97 Å². The highest BCUT2D eigenvalue weighted by Crippen LogP contribution is 2.09. The summed E-state index contributed by atoms with van der Waals surface area (Å²) in [5.74, 6) is -0.827. The first kappa shape index (κ1) is 16.0. The molecule has 17 heavy (non-hydrogen) atoms. The van der Waals surface area contributed by atoms with Crippen LogP contribution in [0.2, 0.25) is 0 Å². The van der Waals surface area contributed by atoms with Gasteiger partial charge >= 0.3 is 5.97 Å². The lowest BCUT2D eigenvalue weighted by atomic mass is 10.1. The molecule has 0 radical (unpaired) electrons. The van der Waals surface area contributed by atoms with E-state index in [0.29, 0.717) is 5.57 Å². The quantitative estimate of drug-likeness (QED) is 0.359. The molecule has 0 saturated carbocycles. The minimum atomic E-state index is -0.827. The summed E-state index contributed by atoms with van der Waals surface area (Å²) in [4.78, 5) is 10.7. The van der Waals surface area contributed by atoms with E-state index in [0.717, 1.165) is 12.0 Å². The first-order valence-corrected chi connectivity index (χ1v) is 6.67. The van der Waals surface area contributed by atoms with Crippen LogP contribution in [0.15, 0.2) is 23.3 Å². The molecule has 0 rings (SSSR count). The predicted octanol–water partition coefficient (Wildman–Crippen LogP) is 4.71. The second-order valence-corrected chi connectivity index (χ2v) is 4.57. The van der Waals surface area contributed by atoms with Crippen LogP contribution in [0, 0.1) is 0 Å². The third kappa shape index (κ3) is 8.73. The van der Waals surface area contributed by atoms with Gasteiger partial charge in [0.25, 0.3) is 0 Å². The van der Waals surface area contributed by atoms with Crippen LogP contribution in [0.25, 0.3) is 0 Å². The minimum absolute atomic E-state index is 0.434. The monoisotopic (exact) mass is 238 g/mol. The maximum Gasteiger partial charge on any atom is 0.331 e. The highest BCUT2D eigenvalue weighted by atomic mass is 16.4. The molecule has 0 atom stereocenters. The van der Waals surface area contributed by atoms with E-state index in [9.17, 15) is 4.79 Å². The third-order valence-electron chi connectivity index (χ3n) is 3.00. The van der Waals surface area contributed by atoms with Crippen molar-refractivity contribution in [2.75, 3.05) is 0 Å².